The molecule has 1 aliphatic rings. The maximum absolute atomic E-state index is 12.7. The molecule has 0 atom stereocenters. The van der Waals surface area contributed by atoms with E-state index < -0.39 is 0 Å². The standard InChI is InChI=1S/C22H22N6OS/c1-27-9-11-28(12-10-27)21-17-7-13-30-20(17)16-6-5-15(14-18(16)24-21)22(29)26-25-19-4-2-3-8-23-19/h2-8,13-14H,9-12H2,1H3,(H,23,25)(H,26,29). The fourth-order valence-corrected chi connectivity index (χ4v) is 4.64. The molecular weight excluding hydrogens is 396 g/mol. The first kappa shape index (κ1) is 18.8. The number of thiophene rings is 1. The Balaban J connectivity index is 1.47. The van der Waals surface area contributed by atoms with Gasteiger partial charge in [0, 0.05) is 53.4 Å². The van der Waals surface area contributed by atoms with E-state index in [9.17, 15) is 4.79 Å². The second-order valence-corrected chi connectivity index (χ2v) is 8.33. The Bertz CT molecular complexity index is 1200. The summed E-state index contributed by atoms with van der Waals surface area (Å²) in [7, 11) is 2.15. The minimum absolute atomic E-state index is 0.225. The smallest absolute Gasteiger partial charge is 0.269 e. The second-order valence-electron chi connectivity index (χ2n) is 7.42. The van der Waals surface area contributed by atoms with Gasteiger partial charge in [-0.3, -0.25) is 15.6 Å². The van der Waals surface area contributed by atoms with Gasteiger partial charge >= 0.3 is 0 Å². The highest BCUT2D eigenvalue weighted by molar-refractivity contribution is 7.18. The molecule has 3 aromatic heterocycles. The van der Waals surface area contributed by atoms with Crippen molar-refractivity contribution in [2.75, 3.05) is 43.6 Å². The summed E-state index contributed by atoms with van der Waals surface area (Å²) in [5.74, 6) is 1.37. The number of fused-ring (bicyclic) bond motifs is 3. The Kier molecular flexibility index (Phi) is 4.94. The van der Waals surface area contributed by atoms with E-state index in [1.807, 2.05) is 30.3 Å². The van der Waals surface area contributed by atoms with Crippen LogP contribution in [-0.4, -0.2) is 54.0 Å². The summed E-state index contributed by atoms with van der Waals surface area (Å²) in [6.07, 6.45) is 1.67. The number of rotatable bonds is 4. The lowest BCUT2D eigenvalue weighted by Crippen LogP contribution is -2.44. The van der Waals surface area contributed by atoms with Crippen LogP contribution in [0.3, 0.4) is 0 Å². The second kappa shape index (κ2) is 7.89. The van der Waals surface area contributed by atoms with Crippen molar-refractivity contribution in [2.45, 2.75) is 0 Å². The van der Waals surface area contributed by atoms with Crippen LogP contribution in [0, 0.1) is 0 Å². The van der Waals surface area contributed by atoms with Crippen molar-refractivity contribution in [1.82, 2.24) is 20.3 Å². The molecule has 2 N–H and O–H groups in total. The van der Waals surface area contributed by atoms with E-state index in [1.54, 1.807) is 23.6 Å². The normalized spacial score (nSPS) is 14.9. The molecule has 1 aliphatic heterocycles. The number of carbonyl (C=O) groups excluding carboxylic acids is 1. The van der Waals surface area contributed by atoms with Crippen LogP contribution in [0.5, 0.6) is 0 Å². The Hall–Kier alpha value is -3.23. The average molecular weight is 419 g/mol. The van der Waals surface area contributed by atoms with E-state index in [-0.39, 0.29) is 5.91 Å². The molecule has 4 heterocycles. The average Bonchev–Trinajstić information content (AvgIpc) is 3.28. The van der Waals surface area contributed by atoms with Gasteiger partial charge in [-0.25, -0.2) is 9.97 Å². The zero-order valence-electron chi connectivity index (χ0n) is 16.6. The quantitative estimate of drug-likeness (QED) is 0.495. The number of nitrogens with one attached hydrogen (secondary N) is 2. The Labute approximate surface area is 178 Å². The summed E-state index contributed by atoms with van der Waals surface area (Å²) >= 11 is 1.72. The number of hydrazine groups is 1. The van der Waals surface area contributed by atoms with Crippen molar-refractivity contribution in [3.05, 3.63) is 59.6 Å². The predicted molar refractivity (Wildman–Crippen MR) is 122 cm³/mol. The summed E-state index contributed by atoms with van der Waals surface area (Å²) in [6.45, 7) is 3.95. The van der Waals surface area contributed by atoms with Gasteiger partial charge in [0.25, 0.3) is 5.91 Å². The summed E-state index contributed by atoms with van der Waals surface area (Å²) in [5, 5.41) is 4.38. The van der Waals surface area contributed by atoms with Crippen molar-refractivity contribution in [3.8, 4) is 0 Å². The molecule has 30 heavy (non-hydrogen) atoms. The number of hydrogen-bond donors (Lipinski definition) is 2. The third-order valence-corrected chi connectivity index (χ3v) is 6.36. The van der Waals surface area contributed by atoms with Crippen LogP contribution in [0.15, 0.2) is 54.0 Å². The van der Waals surface area contributed by atoms with E-state index in [4.69, 9.17) is 4.98 Å². The zero-order chi connectivity index (χ0) is 20.5. The number of nitrogens with zero attached hydrogens (tertiary/aromatic N) is 4. The van der Waals surface area contributed by atoms with Crippen molar-refractivity contribution < 1.29 is 4.79 Å². The van der Waals surface area contributed by atoms with E-state index in [2.05, 4.69) is 44.1 Å². The monoisotopic (exact) mass is 418 g/mol. The first-order chi connectivity index (χ1) is 14.7. The van der Waals surface area contributed by atoms with Crippen LogP contribution >= 0.6 is 11.3 Å². The molecule has 1 aromatic carbocycles. The summed E-state index contributed by atoms with van der Waals surface area (Å²) < 4.78 is 1.22. The SMILES string of the molecule is CN1CCN(c2nc3cc(C(=O)NNc4ccccn4)ccc3c3sccc23)CC1. The number of carbonyl (C=O) groups is 1. The van der Waals surface area contributed by atoms with Gasteiger partial charge in [-0.05, 0) is 42.8 Å². The maximum atomic E-state index is 12.7. The highest BCUT2D eigenvalue weighted by Gasteiger charge is 2.20. The van der Waals surface area contributed by atoms with Crippen molar-refractivity contribution in [3.63, 3.8) is 0 Å². The first-order valence-electron chi connectivity index (χ1n) is 9.91. The molecule has 1 saturated heterocycles. The number of likely N-dealkylation sites (N-methyl/N-ethyl adjacent to an activating group) is 1. The lowest BCUT2D eigenvalue weighted by molar-refractivity contribution is 0.0962. The van der Waals surface area contributed by atoms with E-state index in [0.717, 1.165) is 42.9 Å². The lowest BCUT2D eigenvalue weighted by atomic mass is 10.1. The van der Waals surface area contributed by atoms with Crippen molar-refractivity contribution in [1.29, 1.82) is 0 Å². The molecule has 0 unspecified atom stereocenters. The Morgan fingerprint density at radius 2 is 1.93 bits per heavy atom. The molecule has 4 aromatic rings. The number of benzene rings is 1. The summed E-state index contributed by atoms with van der Waals surface area (Å²) in [5.41, 5.74) is 6.94. The molecule has 0 saturated carbocycles. The van der Waals surface area contributed by atoms with Gasteiger partial charge in [0.2, 0.25) is 0 Å². The topological polar surface area (TPSA) is 73.4 Å². The summed E-state index contributed by atoms with van der Waals surface area (Å²) in [6, 6.07) is 13.3. The lowest BCUT2D eigenvalue weighted by Gasteiger charge is -2.33. The van der Waals surface area contributed by atoms with Gasteiger partial charge in [0.15, 0.2) is 0 Å². The van der Waals surface area contributed by atoms with Crippen LogP contribution in [-0.2, 0) is 0 Å². The van der Waals surface area contributed by atoms with Gasteiger partial charge in [-0.15, -0.1) is 11.3 Å². The third-order valence-electron chi connectivity index (χ3n) is 5.41. The Morgan fingerprint density at radius 1 is 1.07 bits per heavy atom. The van der Waals surface area contributed by atoms with Gasteiger partial charge in [-0.1, -0.05) is 12.1 Å². The molecule has 0 radical (unpaired) electrons. The van der Waals surface area contributed by atoms with Gasteiger partial charge in [0.1, 0.15) is 11.6 Å². The van der Waals surface area contributed by atoms with Crippen molar-refractivity contribution in [2.24, 2.45) is 0 Å². The third kappa shape index (κ3) is 3.55. The van der Waals surface area contributed by atoms with Crippen LogP contribution in [0.4, 0.5) is 11.6 Å². The first-order valence-corrected chi connectivity index (χ1v) is 10.8. The van der Waals surface area contributed by atoms with Gasteiger partial charge in [-0.2, -0.15) is 0 Å². The molecule has 0 aliphatic carbocycles. The number of amides is 1. The predicted octanol–water partition coefficient (Wildman–Crippen LogP) is 3.35. The van der Waals surface area contributed by atoms with E-state index in [1.165, 1.54) is 10.1 Å². The highest BCUT2D eigenvalue weighted by atomic mass is 32.1. The molecule has 0 spiro atoms. The number of piperazine rings is 1. The number of anilines is 2. The number of pyridine rings is 2. The molecule has 5 rings (SSSR count). The maximum Gasteiger partial charge on any atom is 0.269 e. The summed E-state index contributed by atoms with van der Waals surface area (Å²) in [4.78, 5) is 26.5. The zero-order valence-corrected chi connectivity index (χ0v) is 17.4. The largest absolute Gasteiger partial charge is 0.353 e. The highest BCUT2D eigenvalue weighted by Crippen LogP contribution is 2.35. The fraction of sp³-hybridized carbons (Fsp3) is 0.227. The minimum Gasteiger partial charge on any atom is -0.353 e. The molecule has 8 heteroatoms. The Morgan fingerprint density at radius 3 is 2.73 bits per heavy atom. The van der Waals surface area contributed by atoms with Crippen LogP contribution in [0.2, 0.25) is 0 Å². The minimum atomic E-state index is -0.225. The van der Waals surface area contributed by atoms with E-state index >= 15 is 0 Å². The number of aromatic nitrogens is 2. The van der Waals surface area contributed by atoms with E-state index in [0.29, 0.717) is 11.4 Å². The van der Waals surface area contributed by atoms with Gasteiger partial charge < -0.3 is 9.80 Å². The molecule has 7 nitrogen and oxygen atoms in total. The molecule has 0 bridgehead atoms. The van der Waals surface area contributed by atoms with Crippen LogP contribution < -0.4 is 15.8 Å². The van der Waals surface area contributed by atoms with Crippen LogP contribution in [0.1, 0.15) is 10.4 Å². The number of hydrogen-bond acceptors (Lipinski definition) is 7. The molecule has 152 valence electrons. The molecule has 1 amide bonds. The molecular formula is C22H22N6OS. The molecule has 1 fully saturated rings. The van der Waals surface area contributed by atoms with Crippen molar-refractivity contribution >= 4 is 49.9 Å². The fourth-order valence-electron chi connectivity index (χ4n) is 3.71. The van der Waals surface area contributed by atoms with Gasteiger partial charge in [0.05, 0.1) is 5.52 Å². The van der Waals surface area contributed by atoms with Crippen LogP contribution in [0.25, 0.3) is 21.0 Å².